The molecule has 0 bridgehead atoms. The van der Waals surface area contributed by atoms with Gasteiger partial charge in [0.05, 0.1) is 18.7 Å². The van der Waals surface area contributed by atoms with Gasteiger partial charge in [0.25, 0.3) is 5.91 Å². The Balaban J connectivity index is 1.89. The van der Waals surface area contributed by atoms with Crippen molar-refractivity contribution in [2.45, 2.75) is 19.5 Å². The molecule has 0 radical (unpaired) electrons. The van der Waals surface area contributed by atoms with Crippen LogP contribution in [0, 0.1) is 6.92 Å². The predicted molar refractivity (Wildman–Crippen MR) is 112 cm³/mol. The van der Waals surface area contributed by atoms with Gasteiger partial charge in [-0.15, -0.1) is 5.10 Å². The van der Waals surface area contributed by atoms with E-state index in [1.54, 1.807) is 26.2 Å². The first-order chi connectivity index (χ1) is 15.0. The van der Waals surface area contributed by atoms with Gasteiger partial charge in [-0.25, -0.2) is 4.68 Å². The first-order valence-corrected chi connectivity index (χ1v) is 9.94. The minimum absolute atomic E-state index is 0.0776. The number of aryl methyl sites for hydroxylation is 1. The van der Waals surface area contributed by atoms with Crippen molar-refractivity contribution in [1.82, 2.24) is 25.2 Å². The average molecular weight is 429 g/mol. The van der Waals surface area contributed by atoms with E-state index in [2.05, 4.69) is 15.6 Å². The number of carbonyl (C=O) groups excluding carboxylic acids is 2. The summed E-state index contributed by atoms with van der Waals surface area (Å²) in [5.74, 6) is 0.347. The standard InChI is InChI=1S/C21H27N5O5/c1-15-8-9-18(31-15)20(21(28)22-10-12-29-2)25(11-13-30-3)19(27)14-26-17-7-5-4-6-16(17)23-24-26/h4-9,20H,10-14H2,1-3H3,(H,22,28)/t20-/m1/s1. The minimum Gasteiger partial charge on any atom is -0.464 e. The largest absolute Gasteiger partial charge is 0.464 e. The number of ether oxygens (including phenoxy) is 2. The van der Waals surface area contributed by atoms with Gasteiger partial charge in [-0.3, -0.25) is 9.59 Å². The summed E-state index contributed by atoms with van der Waals surface area (Å²) in [6.07, 6.45) is 0. The number of hydrogen-bond acceptors (Lipinski definition) is 7. The number of amides is 2. The molecule has 0 aliphatic carbocycles. The topological polar surface area (TPSA) is 112 Å². The third-order valence-corrected chi connectivity index (χ3v) is 4.76. The zero-order chi connectivity index (χ0) is 22.2. The van der Waals surface area contributed by atoms with Crippen LogP contribution in [-0.4, -0.2) is 72.2 Å². The van der Waals surface area contributed by atoms with Crippen molar-refractivity contribution < 1.29 is 23.5 Å². The molecule has 2 heterocycles. The summed E-state index contributed by atoms with van der Waals surface area (Å²) in [7, 11) is 3.09. The number of hydrogen-bond donors (Lipinski definition) is 1. The molecular weight excluding hydrogens is 402 g/mol. The van der Waals surface area contributed by atoms with E-state index in [-0.39, 0.29) is 31.5 Å². The van der Waals surface area contributed by atoms with Crippen LogP contribution in [0.15, 0.2) is 40.8 Å². The number of nitrogens with zero attached hydrogens (tertiary/aromatic N) is 4. The fourth-order valence-corrected chi connectivity index (χ4v) is 3.24. The van der Waals surface area contributed by atoms with Crippen molar-refractivity contribution >= 4 is 22.8 Å². The molecule has 0 unspecified atom stereocenters. The molecule has 0 saturated heterocycles. The first-order valence-electron chi connectivity index (χ1n) is 9.94. The third-order valence-electron chi connectivity index (χ3n) is 4.76. The highest BCUT2D eigenvalue weighted by Crippen LogP contribution is 2.24. The van der Waals surface area contributed by atoms with Crippen LogP contribution in [0.2, 0.25) is 0 Å². The Morgan fingerprint density at radius 2 is 1.94 bits per heavy atom. The van der Waals surface area contributed by atoms with Crippen LogP contribution in [0.1, 0.15) is 17.6 Å². The highest BCUT2D eigenvalue weighted by molar-refractivity contribution is 5.88. The van der Waals surface area contributed by atoms with Crippen LogP contribution in [0.25, 0.3) is 11.0 Å². The summed E-state index contributed by atoms with van der Waals surface area (Å²) in [6.45, 7) is 2.83. The number of benzene rings is 1. The summed E-state index contributed by atoms with van der Waals surface area (Å²) in [5, 5.41) is 11.0. The van der Waals surface area contributed by atoms with Gasteiger partial charge in [-0.2, -0.15) is 0 Å². The van der Waals surface area contributed by atoms with Gasteiger partial charge in [0.2, 0.25) is 5.91 Å². The Morgan fingerprint density at radius 1 is 1.16 bits per heavy atom. The number of aromatic nitrogens is 3. The zero-order valence-corrected chi connectivity index (χ0v) is 17.9. The quantitative estimate of drug-likeness (QED) is 0.458. The van der Waals surface area contributed by atoms with Crippen molar-refractivity contribution in [3.05, 3.63) is 47.9 Å². The van der Waals surface area contributed by atoms with Crippen LogP contribution in [0.5, 0.6) is 0 Å². The van der Waals surface area contributed by atoms with Crippen LogP contribution >= 0.6 is 0 Å². The van der Waals surface area contributed by atoms with Crippen LogP contribution in [0.4, 0.5) is 0 Å². The first kappa shape index (κ1) is 22.4. The molecule has 3 aromatic rings. The number of methoxy groups -OCH3 is 2. The van der Waals surface area contributed by atoms with Gasteiger partial charge >= 0.3 is 0 Å². The Labute approximate surface area is 180 Å². The number of fused-ring (bicyclic) bond motifs is 1. The molecule has 10 heteroatoms. The molecular formula is C21H27N5O5. The van der Waals surface area contributed by atoms with Gasteiger partial charge in [-0.1, -0.05) is 17.3 Å². The van der Waals surface area contributed by atoms with Gasteiger partial charge < -0.3 is 24.1 Å². The van der Waals surface area contributed by atoms with E-state index in [1.165, 1.54) is 16.7 Å². The molecule has 0 saturated carbocycles. The molecule has 0 spiro atoms. The molecule has 3 rings (SSSR count). The average Bonchev–Trinajstić information content (AvgIpc) is 3.37. The van der Waals surface area contributed by atoms with Crippen molar-refractivity contribution in [3.8, 4) is 0 Å². The van der Waals surface area contributed by atoms with E-state index < -0.39 is 6.04 Å². The van der Waals surface area contributed by atoms with Crippen LogP contribution in [-0.2, 0) is 25.6 Å². The molecule has 1 atom stereocenters. The lowest BCUT2D eigenvalue weighted by Gasteiger charge is -2.29. The molecule has 31 heavy (non-hydrogen) atoms. The SMILES string of the molecule is COCCNC(=O)[C@@H](c1ccc(C)o1)N(CCOC)C(=O)Cn1nnc2ccccc21. The lowest BCUT2D eigenvalue weighted by atomic mass is 10.1. The molecule has 0 fully saturated rings. The molecule has 166 valence electrons. The van der Waals surface area contributed by atoms with Gasteiger partial charge in [0, 0.05) is 27.3 Å². The van der Waals surface area contributed by atoms with E-state index in [4.69, 9.17) is 13.9 Å². The minimum atomic E-state index is -0.956. The van der Waals surface area contributed by atoms with Gasteiger partial charge in [0.15, 0.2) is 6.04 Å². The number of para-hydroxylation sites is 1. The van der Waals surface area contributed by atoms with E-state index in [1.807, 2.05) is 24.3 Å². The second-order valence-electron chi connectivity index (χ2n) is 6.95. The molecule has 1 aromatic carbocycles. The summed E-state index contributed by atoms with van der Waals surface area (Å²) in [6, 6.07) is 9.88. The van der Waals surface area contributed by atoms with Crippen molar-refractivity contribution in [1.29, 1.82) is 0 Å². The van der Waals surface area contributed by atoms with Crippen molar-refractivity contribution in [3.63, 3.8) is 0 Å². The third kappa shape index (κ3) is 5.47. The summed E-state index contributed by atoms with van der Waals surface area (Å²) in [4.78, 5) is 27.9. The zero-order valence-electron chi connectivity index (χ0n) is 17.9. The Bertz CT molecular complexity index is 1010. The Hall–Kier alpha value is -3.24. The van der Waals surface area contributed by atoms with Crippen molar-refractivity contribution in [2.75, 3.05) is 40.5 Å². The summed E-state index contributed by atoms with van der Waals surface area (Å²) in [5.41, 5.74) is 1.42. The monoisotopic (exact) mass is 429 g/mol. The molecule has 1 N–H and O–H groups in total. The van der Waals surface area contributed by atoms with E-state index >= 15 is 0 Å². The molecule has 0 aliphatic heterocycles. The second-order valence-corrected chi connectivity index (χ2v) is 6.95. The Morgan fingerprint density at radius 3 is 2.65 bits per heavy atom. The maximum Gasteiger partial charge on any atom is 0.250 e. The maximum absolute atomic E-state index is 13.4. The highest BCUT2D eigenvalue weighted by atomic mass is 16.5. The fraction of sp³-hybridized carbons (Fsp3) is 0.429. The highest BCUT2D eigenvalue weighted by Gasteiger charge is 2.34. The molecule has 2 aromatic heterocycles. The van der Waals surface area contributed by atoms with Crippen LogP contribution in [0.3, 0.4) is 0 Å². The number of furan rings is 1. The lowest BCUT2D eigenvalue weighted by Crippen LogP contribution is -2.46. The number of carbonyl (C=O) groups is 2. The summed E-state index contributed by atoms with van der Waals surface area (Å²) >= 11 is 0. The second kappa shape index (κ2) is 10.7. The smallest absolute Gasteiger partial charge is 0.250 e. The number of nitrogens with one attached hydrogen (secondary N) is 1. The molecule has 2 amide bonds. The normalized spacial score (nSPS) is 12.1. The van der Waals surface area contributed by atoms with E-state index in [0.29, 0.717) is 30.2 Å². The molecule has 0 aliphatic rings. The Kier molecular flexibility index (Phi) is 7.74. The van der Waals surface area contributed by atoms with Crippen molar-refractivity contribution in [2.24, 2.45) is 0 Å². The summed E-state index contributed by atoms with van der Waals surface area (Å²) < 4.78 is 17.4. The van der Waals surface area contributed by atoms with Gasteiger partial charge in [-0.05, 0) is 31.2 Å². The lowest BCUT2D eigenvalue weighted by molar-refractivity contribution is -0.143. The van der Waals surface area contributed by atoms with E-state index in [0.717, 1.165) is 5.52 Å². The number of rotatable bonds is 11. The predicted octanol–water partition coefficient (Wildman–Crippen LogP) is 1.31. The fourth-order valence-electron chi connectivity index (χ4n) is 3.24. The van der Waals surface area contributed by atoms with Crippen LogP contribution < -0.4 is 5.32 Å². The van der Waals surface area contributed by atoms with Gasteiger partial charge in [0.1, 0.15) is 23.6 Å². The van der Waals surface area contributed by atoms with E-state index in [9.17, 15) is 9.59 Å². The molecule has 10 nitrogen and oxygen atoms in total. The maximum atomic E-state index is 13.4.